The first-order chi connectivity index (χ1) is 5.74. The quantitative estimate of drug-likeness (QED) is 0.573. The first kappa shape index (κ1) is 6.92. The lowest BCUT2D eigenvalue weighted by molar-refractivity contribution is 0.918. The number of hydrogen-bond donors (Lipinski definition) is 0. The van der Waals surface area contributed by atoms with Crippen LogP contribution in [-0.4, -0.2) is 14.2 Å². The Bertz CT molecular complexity index is 469. The minimum Gasteiger partial charge on any atom is -0.333 e. The molecule has 0 N–H and O–H groups in total. The zero-order valence-corrected chi connectivity index (χ0v) is 6.94. The largest absolute Gasteiger partial charge is 0.333 e. The van der Waals surface area contributed by atoms with E-state index in [-0.39, 0.29) is 0 Å². The van der Waals surface area contributed by atoms with Crippen LogP contribution in [0.5, 0.6) is 0 Å². The smallest absolute Gasteiger partial charge is 0.153 e. The molecule has 0 atom stereocenters. The molecule has 0 saturated carbocycles. The van der Waals surface area contributed by atoms with Crippen LogP contribution >= 0.6 is 0 Å². The Labute approximate surface area is 69.6 Å². The van der Waals surface area contributed by atoms with Gasteiger partial charge in [0.25, 0.3) is 0 Å². The Morgan fingerprint density at radius 1 is 1.50 bits per heavy atom. The number of nitriles is 1. The van der Waals surface area contributed by atoms with Gasteiger partial charge in [-0.3, -0.25) is 0 Å². The van der Waals surface area contributed by atoms with Crippen LogP contribution in [0.15, 0.2) is 12.4 Å². The molecule has 2 heterocycles. The number of aromatic nitrogens is 3. The first-order valence-electron chi connectivity index (χ1n) is 3.64. The van der Waals surface area contributed by atoms with Gasteiger partial charge in [-0.1, -0.05) is 0 Å². The van der Waals surface area contributed by atoms with E-state index in [0.29, 0.717) is 5.56 Å². The summed E-state index contributed by atoms with van der Waals surface area (Å²) < 4.78 is 3.60. The van der Waals surface area contributed by atoms with Crippen molar-refractivity contribution in [3.63, 3.8) is 0 Å². The summed E-state index contributed by atoms with van der Waals surface area (Å²) >= 11 is 0. The van der Waals surface area contributed by atoms with Crippen LogP contribution in [0.3, 0.4) is 0 Å². The number of rotatable bonds is 0. The van der Waals surface area contributed by atoms with E-state index >= 15 is 0 Å². The van der Waals surface area contributed by atoms with E-state index in [1.807, 2.05) is 30.9 Å². The molecule has 0 fully saturated rings. The molecule has 0 aliphatic rings. The number of hydrogen-bond acceptors (Lipinski definition) is 2. The average Bonchev–Trinajstić information content (AvgIpc) is 2.52. The molecule has 0 unspecified atom stereocenters. The summed E-state index contributed by atoms with van der Waals surface area (Å²) in [6.45, 7) is 1.84. The van der Waals surface area contributed by atoms with Crippen molar-refractivity contribution < 1.29 is 0 Å². The van der Waals surface area contributed by atoms with Crippen molar-refractivity contribution in [2.75, 3.05) is 0 Å². The van der Waals surface area contributed by atoms with Gasteiger partial charge in [0, 0.05) is 19.4 Å². The van der Waals surface area contributed by atoms with Crippen LogP contribution in [0, 0.1) is 18.3 Å². The number of nitrogens with zero attached hydrogens (tertiary/aromatic N) is 4. The standard InChI is InChI=1S/C8H8N4/c1-6-7(5-9)8-11(2)3-4-12(8)10-6/h3-4H,1-2H3. The molecule has 4 heteroatoms. The molecule has 0 aliphatic carbocycles. The molecule has 60 valence electrons. The van der Waals surface area contributed by atoms with Gasteiger partial charge in [0.15, 0.2) is 5.65 Å². The van der Waals surface area contributed by atoms with Crippen molar-refractivity contribution in [1.82, 2.24) is 14.2 Å². The van der Waals surface area contributed by atoms with Crippen LogP contribution in [0.1, 0.15) is 11.3 Å². The van der Waals surface area contributed by atoms with Crippen LogP contribution < -0.4 is 0 Å². The molecule has 0 aliphatic heterocycles. The highest BCUT2D eigenvalue weighted by Gasteiger charge is 2.10. The molecule has 0 spiro atoms. The summed E-state index contributed by atoms with van der Waals surface area (Å²) in [6, 6.07) is 2.14. The lowest BCUT2D eigenvalue weighted by Crippen LogP contribution is -1.87. The van der Waals surface area contributed by atoms with Gasteiger partial charge < -0.3 is 4.57 Å². The molecular weight excluding hydrogens is 152 g/mol. The zero-order chi connectivity index (χ0) is 8.72. The maximum absolute atomic E-state index is 8.83. The van der Waals surface area contributed by atoms with Crippen LogP contribution in [0.2, 0.25) is 0 Å². The monoisotopic (exact) mass is 160 g/mol. The predicted molar refractivity (Wildman–Crippen MR) is 43.6 cm³/mol. The summed E-state index contributed by atoms with van der Waals surface area (Å²) in [7, 11) is 1.90. The van der Waals surface area contributed by atoms with E-state index in [2.05, 4.69) is 11.2 Å². The molecular formula is C8H8N4. The Hall–Kier alpha value is -1.76. The highest BCUT2D eigenvalue weighted by Crippen LogP contribution is 2.13. The van der Waals surface area contributed by atoms with Crippen LogP contribution in [0.25, 0.3) is 5.65 Å². The summed E-state index contributed by atoms with van der Waals surface area (Å²) in [5.74, 6) is 0. The van der Waals surface area contributed by atoms with Gasteiger partial charge in [0.2, 0.25) is 0 Å². The SMILES string of the molecule is Cc1nn2ccn(C)c2c1C#N. The van der Waals surface area contributed by atoms with Gasteiger partial charge in [0.05, 0.1) is 5.69 Å². The summed E-state index contributed by atoms with van der Waals surface area (Å²) in [5.41, 5.74) is 2.29. The molecule has 0 radical (unpaired) electrons. The van der Waals surface area contributed by atoms with Crippen molar-refractivity contribution >= 4 is 5.65 Å². The Morgan fingerprint density at radius 2 is 2.25 bits per heavy atom. The predicted octanol–water partition coefficient (Wildman–Crippen LogP) is 0.853. The van der Waals surface area contributed by atoms with E-state index in [9.17, 15) is 0 Å². The molecule has 0 bridgehead atoms. The van der Waals surface area contributed by atoms with Crippen molar-refractivity contribution in [3.05, 3.63) is 23.7 Å². The lowest BCUT2D eigenvalue weighted by atomic mass is 10.3. The molecule has 2 rings (SSSR count). The number of imidazole rings is 1. The molecule has 0 aromatic carbocycles. The molecule has 2 aromatic rings. The average molecular weight is 160 g/mol. The zero-order valence-electron chi connectivity index (χ0n) is 6.94. The lowest BCUT2D eigenvalue weighted by Gasteiger charge is -1.89. The van der Waals surface area contributed by atoms with Gasteiger partial charge in [-0.15, -0.1) is 0 Å². The highest BCUT2D eigenvalue weighted by atomic mass is 15.3. The van der Waals surface area contributed by atoms with Gasteiger partial charge in [-0.05, 0) is 6.92 Å². The topological polar surface area (TPSA) is 46.0 Å². The second-order valence-corrected chi connectivity index (χ2v) is 2.75. The van der Waals surface area contributed by atoms with E-state index in [0.717, 1.165) is 11.3 Å². The van der Waals surface area contributed by atoms with E-state index in [4.69, 9.17) is 5.26 Å². The van der Waals surface area contributed by atoms with Crippen molar-refractivity contribution in [2.24, 2.45) is 7.05 Å². The second-order valence-electron chi connectivity index (χ2n) is 2.75. The van der Waals surface area contributed by atoms with E-state index in [1.165, 1.54) is 0 Å². The van der Waals surface area contributed by atoms with E-state index < -0.39 is 0 Å². The summed E-state index contributed by atoms with van der Waals surface area (Å²) in [5, 5.41) is 13.0. The molecule has 12 heavy (non-hydrogen) atoms. The molecule has 0 saturated heterocycles. The maximum Gasteiger partial charge on any atom is 0.153 e. The Balaban J connectivity index is 2.96. The highest BCUT2D eigenvalue weighted by molar-refractivity contribution is 5.58. The third-order valence-electron chi connectivity index (χ3n) is 1.94. The van der Waals surface area contributed by atoms with Gasteiger partial charge in [0.1, 0.15) is 11.6 Å². The minimum atomic E-state index is 0.655. The van der Waals surface area contributed by atoms with Crippen molar-refractivity contribution in [1.29, 1.82) is 5.26 Å². The van der Waals surface area contributed by atoms with E-state index in [1.54, 1.807) is 4.52 Å². The van der Waals surface area contributed by atoms with Crippen LogP contribution in [0.4, 0.5) is 0 Å². The summed E-state index contributed by atoms with van der Waals surface area (Å²) in [4.78, 5) is 0. The van der Waals surface area contributed by atoms with Crippen LogP contribution in [-0.2, 0) is 7.05 Å². The number of fused-ring (bicyclic) bond motifs is 1. The fraction of sp³-hybridized carbons (Fsp3) is 0.250. The Morgan fingerprint density at radius 3 is 2.92 bits per heavy atom. The number of aryl methyl sites for hydroxylation is 2. The summed E-state index contributed by atoms with van der Waals surface area (Å²) in [6.07, 6.45) is 3.71. The normalized spacial score (nSPS) is 10.4. The first-order valence-corrected chi connectivity index (χ1v) is 3.64. The second kappa shape index (κ2) is 2.11. The third-order valence-corrected chi connectivity index (χ3v) is 1.94. The molecule has 2 aromatic heterocycles. The molecule has 0 amide bonds. The molecule has 4 nitrogen and oxygen atoms in total. The van der Waals surface area contributed by atoms with Gasteiger partial charge in [-0.2, -0.15) is 10.4 Å². The maximum atomic E-state index is 8.83. The Kier molecular flexibility index (Phi) is 1.22. The van der Waals surface area contributed by atoms with Crippen molar-refractivity contribution in [3.8, 4) is 6.07 Å². The van der Waals surface area contributed by atoms with Gasteiger partial charge >= 0.3 is 0 Å². The fourth-order valence-electron chi connectivity index (χ4n) is 1.34. The van der Waals surface area contributed by atoms with Crippen molar-refractivity contribution in [2.45, 2.75) is 6.92 Å². The third kappa shape index (κ3) is 0.678. The van der Waals surface area contributed by atoms with Gasteiger partial charge in [-0.25, -0.2) is 4.52 Å². The minimum absolute atomic E-state index is 0.655. The fourth-order valence-corrected chi connectivity index (χ4v) is 1.34.